The predicted octanol–water partition coefficient (Wildman–Crippen LogP) is 2.22. The van der Waals surface area contributed by atoms with Crippen molar-refractivity contribution in [1.29, 1.82) is 0 Å². The van der Waals surface area contributed by atoms with Crippen molar-refractivity contribution >= 4 is 27.3 Å². The van der Waals surface area contributed by atoms with Crippen LogP contribution in [0.25, 0.3) is 0 Å². The Balaban J connectivity index is 1.41. The van der Waals surface area contributed by atoms with Gasteiger partial charge >= 0.3 is 0 Å². The third kappa shape index (κ3) is 3.99. The summed E-state index contributed by atoms with van der Waals surface area (Å²) in [4.78, 5) is 13.7. The van der Waals surface area contributed by atoms with Gasteiger partial charge in [0.15, 0.2) is 0 Å². The third-order valence-electron chi connectivity index (χ3n) is 5.17. The number of hydrogen-bond donors (Lipinski definition) is 1. The van der Waals surface area contributed by atoms with E-state index in [0.29, 0.717) is 32.6 Å². The van der Waals surface area contributed by atoms with Crippen LogP contribution in [-0.4, -0.2) is 44.8 Å². The lowest BCUT2D eigenvalue weighted by Gasteiger charge is -2.36. The fourth-order valence-corrected chi connectivity index (χ4v) is 5.18. The van der Waals surface area contributed by atoms with Crippen LogP contribution < -0.4 is 10.2 Å². The van der Waals surface area contributed by atoms with Gasteiger partial charge in [-0.2, -0.15) is 4.31 Å². The van der Waals surface area contributed by atoms with Crippen LogP contribution in [0.3, 0.4) is 0 Å². The largest absolute Gasteiger partial charge is 0.369 e. The maximum atomic E-state index is 12.7. The second kappa shape index (κ2) is 7.32. The van der Waals surface area contributed by atoms with E-state index in [1.54, 1.807) is 4.31 Å². The Bertz CT molecular complexity index is 936. The summed E-state index contributed by atoms with van der Waals surface area (Å²) in [5, 5.41) is 2.90. The van der Waals surface area contributed by atoms with E-state index in [9.17, 15) is 13.2 Å². The van der Waals surface area contributed by atoms with Crippen molar-refractivity contribution in [2.75, 3.05) is 36.4 Å². The number of benzene rings is 2. The highest BCUT2D eigenvalue weighted by Crippen LogP contribution is 2.28. The molecular weight excluding hydrogens is 362 g/mol. The molecule has 2 aromatic rings. The van der Waals surface area contributed by atoms with Crippen molar-refractivity contribution in [2.45, 2.75) is 18.6 Å². The quantitative estimate of drug-likeness (QED) is 0.876. The Morgan fingerprint density at radius 1 is 0.926 bits per heavy atom. The van der Waals surface area contributed by atoms with Crippen LogP contribution in [0.1, 0.15) is 17.5 Å². The van der Waals surface area contributed by atoms with E-state index in [-0.39, 0.29) is 11.7 Å². The highest BCUT2D eigenvalue weighted by molar-refractivity contribution is 7.88. The van der Waals surface area contributed by atoms with E-state index in [0.717, 1.165) is 28.9 Å². The number of aryl methyl sites for hydroxylation is 1. The van der Waals surface area contributed by atoms with Gasteiger partial charge in [0.05, 0.1) is 5.75 Å². The number of nitrogens with zero attached hydrogens (tertiary/aromatic N) is 2. The molecule has 142 valence electrons. The molecule has 27 heavy (non-hydrogen) atoms. The van der Waals surface area contributed by atoms with E-state index in [1.807, 2.05) is 42.5 Å². The van der Waals surface area contributed by atoms with Crippen LogP contribution in [0, 0.1) is 0 Å². The van der Waals surface area contributed by atoms with E-state index in [4.69, 9.17) is 0 Å². The molecule has 0 atom stereocenters. The number of carbonyl (C=O) groups is 1. The lowest BCUT2D eigenvalue weighted by atomic mass is 10.0. The van der Waals surface area contributed by atoms with Gasteiger partial charge in [0.25, 0.3) is 0 Å². The molecule has 1 saturated heterocycles. The zero-order valence-electron chi connectivity index (χ0n) is 15.1. The minimum absolute atomic E-state index is 0.0480. The van der Waals surface area contributed by atoms with E-state index < -0.39 is 10.0 Å². The van der Waals surface area contributed by atoms with Gasteiger partial charge in [-0.25, -0.2) is 8.42 Å². The second-order valence-electron chi connectivity index (χ2n) is 7.02. The standard InChI is InChI=1S/C20H23N3O3S/c24-20-9-6-17-14-18(7-8-19(17)21-20)22-10-12-23(13-11-22)27(25,26)15-16-4-2-1-3-5-16/h1-5,7-8,14H,6,9-13,15H2,(H,21,24). The van der Waals surface area contributed by atoms with Crippen LogP contribution >= 0.6 is 0 Å². The number of carbonyl (C=O) groups excluding carboxylic acids is 1. The van der Waals surface area contributed by atoms with Gasteiger partial charge in [-0.3, -0.25) is 4.79 Å². The second-order valence-corrected chi connectivity index (χ2v) is 8.99. The van der Waals surface area contributed by atoms with Crippen LogP contribution in [0.15, 0.2) is 48.5 Å². The van der Waals surface area contributed by atoms with Crippen molar-refractivity contribution < 1.29 is 13.2 Å². The normalized spacial score (nSPS) is 18.1. The summed E-state index contributed by atoms with van der Waals surface area (Å²) < 4.78 is 27.0. The topological polar surface area (TPSA) is 69.7 Å². The molecule has 0 unspecified atom stereocenters. The zero-order valence-corrected chi connectivity index (χ0v) is 15.9. The molecule has 0 spiro atoms. The first-order chi connectivity index (χ1) is 13.0. The average molecular weight is 385 g/mol. The van der Waals surface area contributed by atoms with E-state index in [2.05, 4.69) is 16.3 Å². The maximum absolute atomic E-state index is 12.7. The molecule has 1 fully saturated rings. The summed E-state index contributed by atoms with van der Waals surface area (Å²) in [5.41, 5.74) is 3.94. The fourth-order valence-electron chi connectivity index (χ4n) is 3.67. The predicted molar refractivity (Wildman–Crippen MR) is 106 cm³/mol. The van der Waals surface area contributed by atoms with Crippen LogP contribution in [0.2, 0.25) is 0 Å². The maximum Gasteiger partial charge on any atom is 0.224 e. The Morgan fingerprint density at radius 3 is 2.41 bits per heavy atom. The average Bonchev–Trinajstić information content (AvgIpc) is 2.68. The number of fused-ring (bicyclic) bond motifs is 1. The fraction of sp³-hybridized carbons (Fsp3) is 0.350. The lowest BCUT2D eigenvalue weighted by molar-refractivity contribution is -0.116. The molecule has 2 aliphatic rings. The van der Waals surface area contributed by atoms with Crippen molar-refractivity contribution in [2.24, 2.45) is 0 Å². The first kappa shape index (κ1) is 18.0. The summed E-state index contributed by atoms with van der Waals surface area (Å²) in [6.45, 7) is 2.31. The van der Waals surface area contributed by atoms with Crippen molar-refractivity contribution in [3.63, 3.8) is 0 Å². The number of sulfonamides is 1. The highest BCUT2D eigenvalue weighted by Gasteiger charge is 2.27. The molecule has 2 heterocycles. The van der Waals surface area contributed by atoms with Gasteiger partial charge < -0.3 is 10.2 Å². The Kier molecular flexibility index (Phi) is 4.88. The molecule has 1 amide bonds. The van der Waals surface area contributed by atoms with Gasteiger partial charge in [-0.05, 0) is 35.7 Å². The SMILES string of the molecule is O=C1CCc2cc(N3CCN(S(=O)(=O)Cc4ccccc4)CC3)ccc2N1. The Hall–Kier alpha value is -2.38. The molecule has 1 N–H and O–H groups in total. The monoisotopic (exact) mass is 385 g/mol. The van der Waals surface area contributed by atoms with Crippen LogP contribution in [0.4, 0.5) is 11.4 Å². The zero-order chi connectivity index (χ0) is 18.9. The molecule has 7 heteroatoms. The third-order valence-corrected chi connectivity index (χ3v) is 7.02. The van der Waals surface area contributed by atoms with Gasteiger partial charge in [0.1, 0.15) is 0 Å². The number of amides is 1. The van der Waals surface area contributed by atoms with Crippen LogP contribution in [-0.2, 0) is 27.0 Å². The molecule has 2 aromatic carbocycles. The lowest BCUT2D eigenvalue weighted by Crippen LogP contribution is -2.49. The summed E-state index contributed by atoms with van der Waals surface area (Å²) in [5.74, 6) is 0.110. The summed E-state index contributed by atoms with van der Waals surface area (Å²) in [7, 11) is -3.30. The molecular formula is C20H23N3O3S. The molecule has 0 radical (unpaired) electrons. The van der Waals surface area contributed by atoms with Crippen LogP contribution in [0.5, 0.6) is 0 Å². The van der Waals surface area contributed by atoms with Gasteiger partial charge in [0.2, 0.25) is 15.9 Å². The molecule has 0 bridgehead atoms. The van der Waals surface area contributed by atoms with Crippen molar-refractivity contribution in [3.8, 4) is 0 Å². The molecule has 4 rings (SSSR count). The molecule has 0 aliphatic carbocycles. The first-order valence-electron chi connectivity index (χ1n) is 9.21. The smallest absolute Gasteiger partial charge is 0.224 e. The van der Waals surface area contributed by atoms with Gasteiger partial charge in [-0.1, -0.05) is 30.3 Å². The number of nitrogens with one attached hydrogen (secondary N) is 1. The van der Waals surface area contributed by atoms with E-state index >= 15 is 0 Å². The summed E-state index contributed by atoms with van der Waals surface area (Å²) >= 11 is 0. The number of piperazine rings is 1. The van der Waals surface area contributed by atoms with E-state index in [1.165, 1.54) is 0 Å². The Labute approximate surface area is 159 Å². The van der Waals surface area contributed by atoms with Gasteiger partial charge in [0, 0.05) is 44.0 Å². The molecule has 6 nitrogen and oxygen atoms in total. The van der Waals surface area contributed by atoms with Gasteiger partial charge in [-0.15, -0.1) is 0 Å². The molecule has 0 saturated carbocycles. The number of rotatable bonds is 4. The first-order valence-corrected chi connectivity index (χ1v) is 10.8. The number of anilines is 2. The minimum Gasteiger partial charge on any atom is -0.369 e. The van der Waals surface area contributed by atoms with Crippen molar-refractivity contribution in [1.82, 2.24) is 4.31 Å². The highest BCUT2D eigenvalue weighted by atomic mass is 32.2. The van der Waals surface area contributed by atoms with Crippen molar-refractivity contribution in [3.05, 3.63) is 59.7 Å². The number of hydrogen-bond acceptors (Lipinski definition) is 4. The molecule has 0 aromatic heterocycles. The molecule has 2 aliphatic heterocycles. The summed E-state index contributed by atoms with van der Waals surface area (Å²) in [6.07, 6.45) is 1.27. The minimum atomic E-state index is -3.30. The summed E-state index contributed by atoms with van der Waals surface area (Å²) in [6, 6.07) is 15.4. The Morgan fingerprint density at radius 2 is 1.67 bits per heavy atom.